The van der Waals surface area contributed by atoms with Crippen LogP contribution in [0.3, 0.4) is 0 Å². The minimum absolute atomic E-state index is 0.106. The van der Waals surface area contributed by atoms with Crippen molar-refractivity contribution < 1.29 is 37.8 Å². The molecule has 9 heteroatoms. The highest BCUT2D eigenvalue weighted by atomic mass is 28.4. The van der Waals surface area contributed by atoms with Crippen molar-refractivity contribution in [3.63, 3.8) is 0 Å². The van der Waals surface area contributed by atoms with Crippen LogP contribution in [0.5, 0.6) is 0 Å². The molecule has 5 atom stereocenters. The Morgan fingerprint density at radius 2 is 1.32 bits per heavy atom. The first kappa shape index (κ1) is 27.0. The molecule has 2 aromatic carbocycles. The summed E-state index contributed by atoms with van der Waals surface area (Å²) in [6.07, 6.45) is -3.31. The molecule has 0 N–H and O–H groups in total. The SMILES string of the molecule is CC(=O)OCC12C(OC(C)=O)C(OC(C)=O)OC1C2O[Si](c1ccccc1)(c1ccccc1)C(C)(C)C. The molecule has 1 heterocycles. The van der Waals surface area contributed by atoms with Crippen LogP contribution in [0.25, 0.3) is 0 Å². The van der Waals surface area contributed by atoms with Crippen LogP contribution in [-0.2, 0) is 37.8 Å². The van der Waals surface area contributed by atoms with Gasteiger partial charge in [-0.05, 0) is 15.4 Å². The number of carbonyl (C=O) groups is 3. The maximum Gasteiger partial charge on any atom is 0.305 e. The third-order valence-electron chi connectivity index (χ3n) is 7.10. The van der Waals surface area contributed by atoms with Gasteiger partial charge in [-0.2, -0.15) is 0 Å². The highest BCUT2D eigenvalue weighted by molar-refractivity contribution is 6.99. The molecule has 4 rings (SSSR count). The summed E-state index contributed by atoms with van der Waals surface area (Å²) in [6, 6.07) is 20.2. The average Bonchev–Trinajstić information content (AvgIpc) is 3.32. The molecular formula is C28H34O8Si. The molecule has 5 unspecified atom stereocenters. The Morgan fingerprint density at radius 3 is 1.76 bits per heavy atom. The van der Waals surface area contributed by atoms with Gasteiger partial charge in [-0.3, -0.25) is 14.4 Å². The predicted molar refractivity (Wildman–Crippen MR) is 138 cm³/mol. The third kappa shape index (κ3) is 4.83. The van der Waals surface area contributed by atoms with Crippen molar-refractivity contribution in [1.29, 1.82) is 0 Å². The van der Waals surface area contributed by atoms with Crippen LogP contribution in [-0.4, -0.2) is 57.4 Å². The fourth-order valence-electron chi connectivity index (χ4n) is 5.50. The van der Waals surface area contributed by atoms with Gasteiger partial charge in [-0.25, -0.2) is 0 Å². The molecule has 0 amide bonds. The molecule has 1 saturated heterocycles. The first-order valence-corrected chi connectivity index (χ1v) is 14.3. The van der Waals surface area contributed by atoms with E-state index in [-0.39, 0.29) is 11.6 Å². The molecular weight excluding hydrogens is 492 g/mol. The average molecular weight is 527 g/mol. The minimum Gasteiger partial charge on any atom is -0.465 e. The Hall–Kier alpha value is -3.01. The maximum atomic E-state index is 12.1. The number of hydrogen-bond acceptors (Lipinski definition) is 8. The third-order valence-corrected chi connectivity index (χ3v) is 12.1. The lowest BCUT2D eigenvalue weighted by Gasteiger charge is -2.44. The Balaban J connectivity index is 1.83. The zero-order valence-corrected chi connectivity index (χ0v) is 23.1. The van der Waals surface area contributed by atoms with Crippen molar-refractivity contribution in [3.8, 4) is 0 Å². The van der Waals surface area contributed by atoms with Crippen LogP contribution in [0.2, 0.25) is 5.04 Å². The van der Waals surface area contributed by atoms with Gasteiger partial charge in [0.25, 0.3) is 8.32 Å². The lowest BCUT2D eigenvalue weighted by Crippen LogP contribution is -2.67. The van der Waals surface area contributed by atoms with E-state index in [0.29, 0.717) is 0 Å². The van der Waals surface area contributed by atoms with Gasteiger partial charge in [-0.1, -0.05) is 81.4 Å². The van der Waals surface area contributed by atoms with Crippen molar-refractivity contribution in [1.82, 2.24) is 0 Å². The number of esters is 3. The van der Waals surface area contributed by atoms with Crippen LogP contribution < -0.4 is 10.4 Å². The number of ether oxygens (including phenoxy) is 4. The second-order valence-electron chi connectivity index (χ2n) is 10.7. The standard InChI is InChI=1S/C28H34O8Si/c1-18(29)32-17-28-23(35-26(34-20(3)31)25(28)33-19(2)30)24(28)36-37(27(4,5)6,21-13-9-7-10-14-21)22-15-11-8-12-16-22/h7-16,23-26H,17H2,1-6H3. The van der Waals surface area contributed by atoms with E-state index in [4.69, 9.17) is 23.4 Å². The highest BCUT2D eigenvalue weighted by Crippen LogP contribution is 2.62. The lowest BCUT2D eigenvalue weighted by atomic mass is 10.00. The first-order chi connectivity index (χ1) is 17.4. The molecule has 1 aliphatic heterocycles. The van der Waals surface area contributed by atoms with E-state index in [1.54, 1.807) is 0 Å². The van der Waals surface area contributed by atoms with Crippen LogP contribution in [0, 0.1) is 5.41 Å². The number of benzene rings is 2. The topological polar surface area (TPSA) is 97.4 Å². The molecule has 2 aromatic rings. The zero-order valence-electron chi connectivity index (χ0n) is 22.1. The van der Waals surface area contributed by atoms with Crippen LogP contribution in [0.1, 0.15) is 41.5 Å². The second-order valence-corrected chi connectivity index (χ2v) is 14.9. The van der Waals surface area contributed by atoms with E-state index in [1.807, 2.05) is 36.4 Å². The van der Waals surface area contributed by atoms with Crippen LogP contribution in [0.4, 0.5) is 0 Å². The molecule has 0 bridgehead atoms. The van der Waals surface area contributed by atoms with Gasteiger partial charge in [-0.15, -0.1) is 0 Å². The van der Waals surface area contributed by atoms with E-state index in [2.05, 4.69) is 45.0 Å². The number of rotatable bonds is 8. The van der Waals surface area contributed by atoms with Crippen molar-refractivity contribution >= 4 is 36.6 Å². The Bertz CT molecular complexity index is 1110. The van der Waals surface area contributed by atoms with Crippen molar-refractivity contribution in [2.75, 3.05) is 6.61 Å². The Labute approximate surface area is 218 Å². The van der Waals surface area contributed by atoms with E-state index in [1.165, 1.54) is 20.8 Å². The summed E-state index contributed by atoms with van der Waals surface area (Å²) in [6.45, 7) is 10.2. The Kier molecular flexibility index (Phi) is 7.33. The molecule has 37 heavy (non-hydrogen) atoms. The molecule has 1 saturated carbocycles. The zero-order chi connectivity index (χ0) is 27.0. The van der Waals surface area contributed by atoms with E-state index in [0.717, 1.165) is 10.4 Å². The quantitative estimate of drug-likeness (QED) is 0.294. The highest BCUT2D eigenvalue weighted by Gasteiger charge is 2.82. The monoisotopic (exact) mass is 526 g/mol. The number of carbonyl (C=O) groups excluding carboxylic acids is 3. The second kappa shape index (κ2) is 10.0. The van der Waals surface area contributed by atoms with Crippen molar-refractivity contribution in [3.05, 3.63) is 60.7 Å². The summed E-state index contributed by atoms with van der Waals surface area (Å²) in [5, 5.41) is 1.82. The van der Waals surface area contributed by atoms with E-state index < -0.39 is 56.2 Å². The molecule has 198 valence electrons. The van der Waals surface area contributed by atoms with Gasteiger partial charge in [0, 0.05) is 20.8 Å². The smallest absolute Gasteiger partial charge is 0.305 e. The number of fused-ring (bicyclic) bond motifs is 1. The van der Waals surface area contributed by atoms with Gasteiger partial charge in [0.2, 0.25) is 6.29 Å². The van der Waals surface area contributed by atoms with Gasteiger partial charge >= 0.3 is 17.9 Å². The normalized spacial score (nSPS) is 26.6. The van der Waals surface area contributed by atoms with Gasteiger partial charge in [0.1, 0.15) is 18.1 Å². The molecule has 1 aliphatic carbocycles. The molecule has 0 aromatic heterocycles. The summed E-state index contributed by atoms with van der Waals surface area (Å²) >= 11 is 0. The molecule has 2 fully saturated rings. The van der Waals surface area contributed by atoms with Gasteiger partial charge in [0.15, 0.2) is 6.10 Å². The molecule has 8 nitrogen and oxygen atoms in total. The van der Waals surface area contributed by atoms with Crippen LogP contribution in [0.15, 0.2) is 60.7 Å². The van der Waals surface area contributed by atoms with E-state index in [9.17, 15) is 14.4 Å². The maximum absolute atomic E-state index is 12.1. The minimum atomic E-state index is -3.01. The fraction of sp³-hybridized carbons (Fsp3) is 0.464. The molecule has 0 radical (unpaired) electrons. The summed E-state index contributed by atoms with van der Waals surface area (Å²) < 4.78 is 29.8. The Morgan fingerprint density at radius 1 is 0.811 bits per heavy atom. The summed E-state index contributed by atoms with van der Waals surface area (Å²) in [5.41, 5.74) is -1.02. The number of hydrogen-bond donors (Lipinski definition) is 0. The van der Waals surface area contributed by atoms with Gasteiger partial charge in [0.05, 0.1) is 6.10 Å². The largest absolute Gasteiger partial charge is 0.465 e. The summed E-state index contributed by atoms with van der Waals surface area (Å²) in [4.78, 5) is 35.7. The van der Waals surface area contributed by atoms with Crippen molar-refractivity contribution in [2.45, 2.75) is 71.2 Å². The summed E-state index contributed by atoms with van der Waals surface area (Å²) in [7, 11) is -3.01. The summed E-state index contributed by atoms with van der Waals surface area (Å²) in [5.74, 6) is -1.62. The molecule has 0 spiro atoms. The van der Waals surface area contributed by atoms with E-state index >= 15 is 0 Å². The fourth-order valence-corrected chi connectivity index (χ4v) is 10.2. The predicted octanol–water partition coefficient (Wildman–Crippen LogP) is 2.71. The van der Waals surface area contributed by atoms with Crippen LogP contribution >= 0.6 is 0 Å². The lowest BCUT2D eigenvalue weighted by molar-refractivity contribution is -0.207. The van der Waals surface area contributed by atoms with Crippen molar-refractivity contribution in [2.24, 2.45) is 5.41 Å². The van der Waals surface area contributed by atoms with Gasteiger partial charge < -0.3 is 23.4 Å². The first-order valence-electron chi connectivity index (χ1n) is 12.4. The molecule has 2 aliphatic rings.